The molecule has 3 rings (SSSR count). The van der Waals surface area contributed by atoms with Crippen molar-refractivity contribution in [2.75, 3.05) is 12.4 Å². The normalized spacial score (nSPS) is 10.4. The minimum Gasteiger partial charge on any atom is -0.494 e. The molecule has 0 fully saturated rings. The Morgan fingerprint density at radius 3 is 2.58 bits per heavy atom. The molecule has 0 saturated heterocycles. The Morgan fingerprint density at radius 1 is 1.27 bits per heavy atom. The van der Waals surface area contributed by atoms with E-state index in [-0.39, 0.29) is 11.6 Å². The monoisotopic (exact) mass is 372 g/mol. The van der Waals surface area contributed by atoms with Crippen molar-refractivity contribution in [2.24, 2.45) is 0 Å². The van der Waals surface area contributed by atoms with E-state index in [1.165, 1.54) is 31.4 Å². The smallest absolute Gasteiger partial charge is 0.269 e. The summed E-state index contributed by atoms with van der Waals surface area (Å²) < 4.78 is 7.06. The minimum absolute atomic E-state index is 0.0773. The third-order valence-corrected chi connectivity index (χ3v) is 3.80. The molecule has 1 heterocycles. The Bertz CT molecular complexity index is 969. The number of nitrogens with one attached hydrogen (secondary N) is 1. The van der Waals surface area contributed by atoms with Gasteiger partial charge in [0.15, 0.2) is 0 Å². The van der Waals surface area contributed by atoms with Gasteiger partial charge >= 0.3 is 0 Å². The largest absolute Gasteiger partial charge is 0.494 e. The van der Waals surface area contributed by atoms with Gasteiger partial charge in [-0.25, -0.2) is 4.98 Å². The average molecular weight is 373 g/mol. The Kier molecular flexibility index (Phi) is 4.85. The quantitative estimate of drug-likeness (QED) is 0.543. The first-order valence-corrected chi connectivity index (χ1v) is 7.79. The van der Waals surface area contributed by atoms with Gasteiger partial charge < -0.3 is 14.6 Å². The zero-order chi connectivity index (χ0) is 18.7. The first kappa shape index (κ1) is 17.4. The molecule has 0 saturated carbocycles. The first-order chi connectivity index (χ1) is 12.5. The second-order valence-corrected chi connectivity index (χ2v) is 5.64. The lowest BCUT2D eigenvalue weighted by molar-refractivity contribution is -0.384. The standard InChI is InChI=1S/C17H13ClN4O4/c1-26-15-8-12(4-7-14(15)21-9-16(18)19-10-21)20-17(23)11-2-5-13(6-3-11)22(24)25/h2-10H,1H3,(H,20,23). The molecular formula is C17H13ClN4O4. The lowest BCUT2D eigenvalue weighted by Gasteiger charge is -2.12. The number of benzene rings is 2. The summed E-state index contributed by atoms with van der Waals surface area (Å²) in [6.07, 6.45) is 3.18. The summed E-state index contributed by atoms with van der Waals surface area (Å²) in [7, 11) is 1.51. The molecule has 0 radical (unpaired) electrons. The van der Waals surface area contributed by atoms with Crippen molar-refractivity contribution in [3.63, 3.8) is 0 Å². The van der Waals surface area contributed by atoms with Gasteiger partial charge in [0.2, 0.25) is 0 Å². The van der Waals surface area contributed by atoms with Crippen LogP contribution in [0.1, 0.15) is 10.4 Å². The van der Waals surface area contributed by atoms with E-state index in [0.717, 1.165) is 0 Å². The number of non-ortho nitro benzene ring substituents is 1. The van der Waals surface area contributed by atoms with Crippen LogP contribution in [0.15, 0.2) is 55.0 Å². The highest BCUT2D eigenvalue weighted by molar-refractivity contribution is 6.29. The highest BCUT2D eigenvalue weighted by atomic mass is 35.5. The molecule has 26 heavy (non-hydrogen) atoms. The molecule has 0 aliphatic carbocycles. The second-order valence-electron chi connectivity index (χ2n) is 5.25. The molecular weight excluding hydrogens is 360 g/mol. The number of carbonyl (C=O) groups excluding carboxylic acids is 1. The Labute approximate surface area is 153 Å². The van der Waals surface area contributed by atoms with Gasteiger partial charge in [-0.15, -0.1) is 0 Å². The lowest BCUT2D eigenvalue weighted by atomic mass is 10.2. The van der Waals surface area contributed by atoms with Crippen LogP contribution in [0.4, 0.5) is 11.4 Å². The van der Waals surface area contributed by atoms with Gasteiger partial charge in [0.05, 0.1) is 17.7 Å². The molecule has 0 spiro atoms. The summed E-state index contributed by atoms with van der Waals surface area (Å²) in [6, 6.07) is 10.5. The number of nitro groups is 1. The number of carbonyl (C=O) groups is 1. The summed E-state index contributed by atoms with van der Waals surface area (Å²) in [6.45, 7) is 0. The number of nitro benzene ring substituents is 1. The number of anilines is 1. The molecule has 2 aromatic carbocycles. The topological polar surface area (TPSA) is 99.3 Å². The molecule has 8 nitrogen and oxygen atoms in total. The van der Waals surface area contributed by atoms with E-state index in [2.05, 4.69) is 10.3 Å². The van der Waals surface area contributed by atoms with Crippen LogP contribution in [0.2, 0.25) is 5.15 Å². The number of hydrogen-bond donors (Lipinski definition) is 1. The highest BCUT2D eigenvalue weighted by Crippen LogP contribution is 2.27. The fourth-order valence-corrected chi connectivity index (χ4v) is 2.49. The summed E-state index contributed by atoms with van der Waals surface area (Å²) in [5.41, 5.74) is 1.45. The third kappa shape index (κ3) is 3.65. The van der Waals surface area contributed by atoms with Gasteiger partial charge in [0, 0.05) is 35.6 Å². The maximum absolute atomic E-state index is 12.3. The van der Waals surface area contributed by atoms with Crippen molar-refractivity contribution in [3.05, 3.63) is 75.8 Å². The molecule has 0 atom stereocenters. The molecule has 1 amide bonds. The predicted octanol–water partition coefficient (Wildman–Crippen LogP) is 3.69. The predicted molar refractivity (Wildman–Crippen MR) is 96.2 cm³/mol. The van der Waals surface area contributed by atoms with Crippen molar-refractivity contribution < 1.29 is 14.5 Å². The third-order valence-electron chi connectivity index (χ3n) is 3.61. The molecule has 3 aromatic rings. The van der Waals surface area contributed by atoms with Crippen molar-refractivity contribution in [2.45, 2.75) is 0 Å². The van der Waals surface area contributed by atoms with Gasteiger partial charge in [0.1, 0.15) is 17.2 Å². The van der Waals surface area contributed by atoms with E-state index in [4.69, 9.17) is 16.3 Å². The molecule has 1 N–H and O–H groups in total. The summed E-state index contributed by atoms with van der Waals surface area (Å²) in [5.74, 6) is 0.126. The molecule has 9 heteroatoms. The number of methoxy groups -OCH3 is 1. The molecule has 1 aromatic heterocycles. The number of ether oxygens (including phenoxy) is 1. The van der Waals surface area contributed by atoms with Gasteiger partial charge in [-0.1, -0.05) is 11.6 Å². The molecule has 0 aliphatic heterocycles. The zero-order valence-corrected chi connectivity index (χ0v) is 14.3. The van der Waals surface area contributed by atoms with E-state index in [0.29, 0.717) is 27.8 Å². The van der Waals surface area contributed by atoms with Crippen LogP contribution in [-0.4, -0.2) is 27.5 Å². The van der Waals surface area contributed by atoms with E-state index in [1.54, 1.807) is 35.3 Å². The second kappa shape index (κ2) is 7.24. The molecule has 0 bridgehead atoms. The summed E-state index contributed by atoms with van der Waals surface area (Å²) >= 11 is 5.83. The van der Waals surface area contributed by atoms with Gasteiger partial charge in [-0.2, -0.15) is 0 Å². The number of halogens is 1. The number of imidazole rings is 1. The zero-order valence-electron chi connectivity index (χ0n) is 13.5. The van der Waals surface area contributed by atoms with E-state index in [9.17, 15) is 14.9 Å². The van der Waals surface area contributed by atoms with E-state index in [1.807, 2.05) is 0 Å². The van der Waals surface area contributed by atoms with Crippen LogP contribution < -0.4 is 10.1 Å². The van der Waals surface area contributed by atoms with Crippen molar-refractivity contribution in [1.29, 1.82) is 0 Å². The number of hydrogen-bond acceptors (Lipinski definition) is 5. The fraction of sp³-hybridized carbons (Fsp3) is 0.0588. The van der Waals surface area contributed by atoms with Crippen LogP contribution in [0.3, 0.4) is 0 Å². The Morgan fingerprint density at radius 2 is 2.00 bits per heavy atom. The van der Waals surface area contributed by atoms with E-state index >= 15 is 0 Å². The Hall–Kier alpha value is -3.39. The molecule has 0 aliphatic rings. The van der Waals surface area contributed by atoms with Crippen molar-refractivity contribution in [3.8, 4) is 11.4 Å². The lowest BCUT2D eigenvalue weighted by Crippen LogP contribution is -2.12. The van der Waals surface area contributed by atoms with Crippen LogP contribution in [0.25, 0.3) is 5.69 Å². The average Bonchev–Trinajstić information content (AvgIpc) is 3.07. The molecule has 132 valence electrons. The van der Waals surface area contributed by atoms with E-state index < -0.39 is 4.92 Å². The highest BCUT2D eigenvalue weighted by Gasteiger charge is 2.12. The number of rotatable bonds is 5. The number of nitrogens with zero attached hydrogens (tertiary/aromatic N) is 3. The van der Waals surface area contributed by atoms with Crippen LogP contribution in [-0.2, 0) is 0 Å². The Balaban J connectivity index is 1.81. The summed E-state index contributed by atoms with van der Waals surface area (Å²) in [4.78, 5) is 26.4. The van der Waals surface area contributed by atoms with Crippen LogP contribution in [0, 0.1) is 10.1 Å². The number of amides is 1. The maximum Gasteiger partial charge on any atom is 0.269 e. The van der Waals surface area contributed by atoms with Crippen LogP contribution >= 0.6 is 11.6 Å². The summed E-state index contributed by atoms with van der Waals surface area (Å²) in [5, 5.41) is 13.7. The van der Waals surface area contributed by atoms with Gasteiger partial charge in [-0.05, 0) is 24.3 Å². The maximum atomic E-state index is 12.3. The SMILES string of the molecule is COc1cc(NC(=O)c2ccc([N+](=O)[O-])cc2)ccc1-n1cnc(Cl)c1. The minimum atomic E-state index is -0.520. The van der Waals surface area contributed by atoms with Crippen molar-refractivity contribution in [1.82, 2.24) is 9.55 Å². The first-order valence-electron chi connectivity index (χ1n) is 7.41. The molecule has 0 unspecified atom stereocenters. The fourth-order valence-electron chi connectivity index (χ4n) is 2.34. The van der Waals surface area contributed by atoms with Gasteiger partial charge in [0.25, 0.3) is 11.6 Å². The van der Waals surface area contributed by atoms with Gasteiger partial charge in [-0.3, -0.25) is 14.9 Å². The van der Waals surface area contributed by atoms with Crippen molar-refractivity contribution >= 4 is 28.9 Å². The van der Waals surface area contributed by atoms with Crippen LogP contribution in [0.5, 0.6) is 5.75 Å². The number of aromatic nitrogens is 2.